The number of nitrogens with one attached hydrogen (secondary N) is 4. The Morgan fingerprint density at radius 1 is 1.08 bits per heavy atom. The molecule has 5 amide bonds. The van der Waals surface area contributed by atoms with E-state index in [0.29, 0.717) is 31.9 Å². The second kappa shape index (κ2) is 14.9. The number of hydrogen-bond acceptors (Lipinski definition) is 7. The minimum absolute atomic E-state index is 0.0568. The number of amides is 5. The Balaban J connectivity index is 1.82. The Hall–Kier alpha value is -2.89. The van der Waals surface area contributed by atoms with Gasteiger partial charge in [-0.25, -0.2) is 15.0 Å². The molecule has 0 spiro atoms. The zero-order chi connectivity index (χ0) is 28.3. The number of likely N-dealkylation sites (tertiary alicyclic amines) is 1. The maximum Gasteiger partial charge on any atom is 0.411 e. The molecule has 0 unspecified atom stereocenters. The molecule has 2 rings (SSSR count). The van der Waals surface area contributed by atoms with Crippen molar-refractivity contribution < 1.29 is 28.7 Å². The van der Waals surface area contributed by atoms with Crippen molar-refractivity contribution in [1.82, 2.24) is 26.3 Å². The van der Waals surface area contributed by atoms with Gasteiger partial charge in [-0.05, 0) is 65.7 Å². The highest BCUT2D eigenvalue weighted by Gasteiger charge is 2.42. The van der Waals surface area contributed by atoms with E-state index in [-0.39, 0.29) is 30.4 Å². The molecule has 0 aromatic heterocycles. The maximum absolute atomic E-state index is 13.1. The molecule has 1 heterocycles. The van der Waals surface area contributed by atoms with Gasteiger partial charge in [-0.3, -0.25) is 14.5 Å². The van der Waals surface area contributed by atoms with Gasteiger partial charge in [0.1, 0.15) is 11.6 Å². The molecule has 216 valence electrons. The van der Waals surface area contributed by atoms with Crippen molar-refractivity contribution in [3.8, 4) is 0 Å². The van der Waals surface area contributed by atoms with E-state index in [2.05, 4.69) is 26.5 Å². The predicted molar refractivity (Wildman–Crippen MR) is 144 cm³/mol. The van der Waals surface area contributed by atoms with Crippen LogP contribution in [0.15, 0.2) is 5.10 Å². The first-order chi connectivity index (χ1) is 18.0. The van der Waals surface area contributed by atoms with Gasteiger partial charge in [0.2, 0.25) is 11.8 Å². The number of ether oxygens (including phenoxy) is 2. The first kappa shape index (κ1) is 31.3. The van der Waals surface area contributed by atoms with E-state index >= 15 is 0 Å². The van der Waals surface area contributed by atoms with E-state index in [4.69, 9.17) is 9.47 Å². The van der Waals surface area contributed by atoms with E-state index in [1.54, 1.807) is 27.8 Å². The minimum atomic E-state index is -0.724. The van der Waals surface area contributed by atoms with Gasteiger partial charge in [0, 0.05) is 38.8 Å². The predicted octanol–water partition coefficient (Wildman–Crippen LogP) is 2.13. The average molecular weight is 539 g/mol. The molecule has 0 aromatic rings. The van der Waals surface area contributed by atoms with Crippen LogP contribution in [-0.4, -0.2) is 85.6 Å². The molecule has 2 aliphatic rings. The minimum Gasteiger partial charge on any atom is -0.444 e. The van der Waals surface area contributed by atoms with Crippen LogP contribution in [0.1, 0.15) is 73.1 Å². The van der Waals surface area contributed by atoms with Gasteiger partial charge in [-0.1, -0.05) is 6.92 Å². The summed E-state index contributed by atoms with van der Waals surface area (Å²) in [4.78, 5) is 51.2. The van der Waals surface area contributed by atoms with Gasteiger partial charge in [-0.2, -0.15) is 5.10 Å². The summed E-state index contributed by atoms with van der Waals surface area (Å²) in [6.45, 7) is 10.4. The van der Waals surface area contributed by atoms with Gasteiger partial charge in [0.15, 0.2) is 0 Å². The molecule has 4 N–H and O–H groups in total. The van der Waals surface area contributed by atoms with Crippen molar-refractivity contribution in [2.24, 2.45) is 16.9 Å². The number of carbonyl (C=O) groups excluding carboxylic acids is 4. The van der Waals surface area contributed by atoms with Crippen LogP contribution in [0.2, 0.25) is 0 Å². The lowest BCUT2D eigenvalue weighted by molar-refractivity contribution is -0.126. The highest BCUT2D eigenvalue weighted by Crippen LogP contribution is 2.28. The second-order valence-electron chi connectivity index (χ2n) is 10.9. The molecule has 38 heavy (non-hydrogen) atoms. The summed E-state index contributed by atoms with van der Waals surface area (Å²) in [7, 11) is 1.65. The third kappa shape index (κ3) is 10.1. The average Bonchev–Trinajstić information content (AvgIpc) is 3.30. The van der Waals surface area contributed by atoms with Crippen LogP contribution in [0.5, 0.6) is 0 Å². The molecule has 0 bridgehead atoms. The quantitative estimate of drug-likeness (QED) is 0.247. The second-order valence-corrected chi connectivity index (χ2v) is 10.9. The van der Waals surface area contributed by atoms with Crippen molar-refractivity contribution in [3.63, 3.8) is 0 Å². The topological polar surface area (TPSA) is 150 Å². The smallest absolute Gasteiger partial charge is 0.411 e. The van der Waals surface area contributed by atoms with Crippen molar-refractivity contribution >= 4 is 30.2 Å². The van der Waals surface area contributed by atoms with Crippen molar-refractivity contribution in [2.75, 3.05) is 26.7 Å². The molecule has 2 fully saturated rings. The number of hydrogen-bond donors (Lipinski definition) is 4. The fourth-order valence-corrected chi connectivity index (χ4v) is 4.74. The molecular formula is C26H46N6O6. The summed E-state index contributed by atoms with van der Waals surface area (Å²) < 4.78 is 11.2. The van der Waals surface area contributed by atoms with Crippen LogP contribution in [0.3, 0.4) is 0 Å². The molecule has 1 saturated heterocycles. The third-order valence-electron chi connectivity index (χ3n) is 6.80. The third-order valence-corrected chi connectivity index (χ3v) is 6.80. The van der Waals surface area contributed by atoms with Crippen molar-refractivity contribution in [2.45, 2.75) is 96.9 Å². The molecular weight excluding hydrogens is 492 g/mol. The van der Waals surface area contributed by atoms with Crippen LogP contribution < -0.4 is 21.4 Å². The largest absolute Gasteiger partial charge is 0.444 e. The molecule has 1 saturated carbocycles. The zero-order valence-electron chi connectivity index (χ0n) is 23.7. The summed E-state index contributed by atoms with van der Waals surface area (Å²) in [5, 5.41) is 12.4. The first-order valence-electron chi connectivity index (χ1n) is 13.7. The van der Waals surface area contributed by atoms with E-state index in [9.17, 15) is 19.2 Å². The molecule has 12 nitrogen and oxygen atoms in total. The lowest BCUT2D eigenvalue weighted by Crippen LogP contribution is -2.50. The van der Waals surface area contributed by atoms with Gasteiger partial charge < -0.3 is 25.4 Å². The molecule has 3 atom stereocenters. The molecule has 0 aromatic carbocycles. The summed E-state index contributed by atoms with van der Waals surface area (Å²) >= 11 is 0. The number of rotatable bonds is 10. The van der Waals surface area contributed by atoms with Crippen molar-refractivity contribution in [3.05, 3.63) is 0 Å². The Labute approximate surface area is 226 Å². The monoisotopic (exact) mass is 538 g/mol. The van der Waals surface area contributed by atoms with Gasteiger partial charge in [-0.15, -0.1) is 0 Å². The Kier molecular flexibility index (Phi) is 12.3. The van der Waals surface area contributed by atoms with E-state index in [1.165, 1.54) is 11.1 Å². The van der Waals surface area contributed by atoms with Gasteiger partial charge in [0.25, 0.3) is 0 Å². The molecule has 1 aliphatic carbocycles. The highest BCUT2D eigenvalue weighted by atomic mass is 16.6. The zero-order valence-corrected chi connectivity index (χ0v) is 23.7. The summed E-state index contributed by atoms with van der Waals surface area (Å²) in [5.41, 5.74) is 1.76. The SMILES string of the molecule is CCO[C@@H]1C[C@@H](C(=O)N[C@H](/C=N/NC(=O)NCC2CCC(C(=O)NC)CC2)CC)N(C(=O)OC(C)(C)C)C1. The van der Waals surface area contributed by atoms with E-state index in [0.717, 1.165) is 25.7 Å². The Morgan fingerprint density at radius 2 is 1.76 bits per heavy atom. The van der Waals surface area contributed by atoms with Crippen LogP contribution >= 0.6 is 0 Å². The summed E-state index contributed by atoms with van der Waals surface area (Å²) in [6, 6.07) is -1.59. The van der Waals surface area contributed by atoms with Crippen LogP contribution in [0.25, 0.3) is 0 Å². The number of hydrazone groups is 1. The van der Waals surface area contributed by atoms with Gasteiger partial charge in [0.05, 0.1) is 18.7 Å². The standard InChI is InChI=1S/C26H46N6O6/c1-7-19(15-29-31-24(35)28-14-17-9-11-18(12-10-17)22(33)27-6)30-23(34)21-13-20(37-8-2)16-32(21)25(36)38-26(3,4)5/h15,17-21H,7-14,16H2,1-6H3,(H,27,33)(H,30,34)(H2,28,31,35)/b29-15+/t17?,18?,19-,20+,21-/m0/s1. The van der Waals surface area contributed by atoms with Crippen LogP contribution in [-0.2, 0) is 19.1 Å². The first-order valence-corrected chi connectivity index (χ1v) is 13.7. The summed E-state index contributed by atoms with van der Waals surface area (Å²) in [6.07, 6.45) is 5.00. The van der Waals surface area contributed by atoms with E-state index in [1.807, 2.05) is 13.8 Å². The fraction of sp³-hybridized carbons (Fsp3) is 0.808. The molecule has 12 heteroatoms. The maximum atomic E-state index is 13.1. The number of nitrogens with zero attached hydrogens (tertiary/aromatic N) is 2. The Bertz CT molecular complexity index is 837. The van der Waals surface area contributed by atoms with Gasteiger partial charge >= 0.3 is 12.1 Å². The van der Waals surface area contributed by atoms with Crippen molar-refractivity contribution in [1.29, 1.82) is 0 Å². The lowest BCUT2D eigenvalue weighted by Gasteiger charge is -2.28. The Morgan fingerprint density at radius 3 is 2.34 bits per heavy atom. The van der Waals surface area contributed by atoms with Crippen LogP contribution in [0.4, 0.5) is 9.59 Å². The number of carbonyl (C=O) groups is 4. The fourth-order valence-electron chi connectivity index (χ4n) is 4.74. The molecule has 1 aliphatic heterocycles. The van der Waals surface area contributed by atoms with E-state index < -0.39 is 29.8 Å². The highest BCUT2D eigenvalue weighted by molar-refractivity contribution is 5.88. The van der Waals surface area contributed by atoms with Crippen LogP contribution in [0, 0.1) is 11.8 Å². The number of urea groups is 1. The summed E-state index contributed by atoms with van der Waals surface area (Å²) in [5.74, 6) is 0.142. The normalized spacial score (nSPS) is 24.5. The lowest BCUT2D eigenvalue weighted by atomic mass is 9.81. The molecule has 0 radical (unpaired) electrons.